The van der Waals surface area contributed by atoms with Crippen LogP contribution in [0, 0.1) is 0 Å². The summed E-state index contributed by atoms with van der Waals surface area (Å²) in [6, 6.07) is 69.4. The monoisotopic (exact) mass is 705 g/mol. The van der Waals surface area contributed by atoms with Crippen molar-refractivity contribution in [1.29, 1.82) is 0 Å². The van der Waals surface area contributed by atoms with Crippen LogP contribution in [0.15, 0.2) is 188 Å². The standard InChI is InChI=1S/C54H43N/c1-53(2)48-33-28-39(34-46(48)52-43(22-15-24-49(52)53)38-18-9-6-10-19-38)36-26-29-40(30-27-36)55(51-25-14-12-20-42(51)37-16-7-5-8-17-37)41-31-32-45-44-21-11-13-23-47(44)54(3,4)50(45)35-41/h5-35H,1-4H3. The highest BCUT2D eigenvalue weighted by molar-refractivity contribution is 5.95. The fourth-order valence-electron chi connectivity index (χ4n) is 9.43. The minimum atomic E-state index is -0.0997. The van der Waals surface area contributed by atoms with E-state index in [0.29, 0.717) is 0 Å². The number of anilines is 3. The Balaban J connectivity index is 1.10. The Labute approximate surface area is 325 Å². The molecule has 55 heavy (non-hydrogen) atoms. The number of rotatable bonds is 6. The van der Waals surface area contributed by atoms with Gasteiger partial charge in [0.25, 0.3) is 0 Å². The summed E-state index contributed by atoms with van der Waals surface area (Å²) in [7, 11) is 0. The summed E-state index contributed by atoms with van der Waals surface area (Å²) in [5.74, 6) is 0. The third-order valence-electron chi connectivity index (χ3n) is 12.3. The number of benzene rings is 8. The van der Waals surface area contributed by atoms with Crippen molar-refractivity contribution in [2.75, 3.05) is 4.90 Å². The van der Waals surface area contributed by atoms with Crippen molar-refractivity contribution in [3.63, 3.8) is 0 Å². The van der Waals surface area contributed by atoms with E-state index >= 15 is 0 Å². The maximum Gasteiger partial charge on any atom is 0.0540 e. The van der Waals surface area contributed by atoms with Gasteiger partial charge < -0.3 is 4.90 Å². The molecule has 264 valence electrons. The van der Waals surface area contributed by atoms with Crippen molar-refractivity contribution in [3.05, 3.63) is 210 Å². The van der Waals surface area contributed by atoms with Gasteiger partial charge in [0.15, 0.2) is 0 Å². The van der Waals surface area contributed by atoms with Crippen LogP contribution < -0.4 is 4.90 Å². The Kier molecular flexibility index (Phi) is 7.58. The van der Waals surface area contributed by atoms with Gasteiger partial charge in [-0.25, -0.2) is 0 Å². The Morgan fingerprint density at radius 2 is 0.836 bits per heavy atom. The molecule has 1 nitrogen and oxygen atoms in total. The van der Waals surface area contributed by atoms with Crippen molar-refractivity contribution in [1.82, 2.24) is 0 Å². The summed E-state index contributed by atoms with van der Waals surface area (Å²) >= 11 is 0. The first-order chi connectivity index (χ1) is 26.8. The minimum absolute atomic E-state index is 0.0731. The van der Waals surface area contributed by atoms with Crippen LogP contribution in [0.3, 0.4) is 0 Å². The fraction of sp³-hybridized carbons (Fsp3) is 0.111. The van der Waals surface area contributed by atoms with Gasteiger partial charge in [-0.05, 0) is 109 Å². The molecule has 0 N–H and O–H groups in total. The van der Waals surface area contributed by atoms with Crippen LogP contribution in [0.4, 0.5) is 17.1 Å². The first kappa shape index (κ1) is 33.2. The van der Waals surface area contributed by atoms with Crippen molar-refractivity contribution in [2.45, 2.75) is 38.5 Å². The zero-order valence-corrected chi connectivity index (χ0v) is 31.8. The molecule has 0 heterocycles. The fourth-order valence-corrected chi connectivity index (χ4v) is 9.43. The molecule has 2 aliphatic carbocycles. The third-order valence-corrected chi connectivity index (χ3v) is 12.3. The van der Waals surface area contributed by atoms with E-state index in [2.05, 4.69) is 221 Å². The summed E-state index contributed by atoms with van der Waals surface area (Å²) in [4.78, 5) is 2.44. The minimum Gasteiger partial charge on any atom is -0.310 e. The quantitative estimate of drug-likeness (QED) is 0.166. The second-order valence-electron chi connectivity index (χ2n) is 16.1. The van der Waals surface area contributed by atoms with Gasteiger partial charge in [0, 0.05) is 27.8 Å². The van der Waals surface area contributed by atoms with E-state index < -0.39 is 0 Å². The van der Waals surface area contributed by atoms with Crippen LogP contribution in [0.2, 0.25) is 0 Å². The molecule has 1 heteroatoms. The third kappa shape index (κ3) is 5.22. The second-order valence-corrected chi connectivity index (χ2v) is 16.1. The molecule has 10 rings (SSSR count). The second kappa shape index (κ2) is 12.6. The first-order valence-corrected chi connectivity index (χ1v) is 19.4. The summed E-state index contributed by atoms with van der Waals surface area (Å²) in [6.07, 6.45) is 0. The molecule has 2 aliphatic rings. The van der Waals surface area contributed by atoms with Gasteiger partial charge in [-0.2, -0.15) is 0 Å². The predicted molar refractivity (Wildman–Crippen MR) is 233 cm³/mol. The van der Waals surface area contributed by atoms with E-state index in [1.165, 1.54) is 77.9 Å². The molecule has 0 saturated carbocycles. The lowest BCUT2D eigenvalue weighted by Crippen LogP contribution is -2.16. The highest BCUT2D eigenvalue weighted by Crippen LogP contribution is 2.54. The van der Waals surface area contributed by atoms with Crippen molar-refractivity contribution < 1.29 is 0 Å². The number of fused-ring (bicyclic) bond motifs is 6. The smallest absolute Gasteiger partial charge is 0.0540 e. The lowest BCUT2D eigenvalue weighted by atomic mass is 9.81. The molecule has 0 fully saturated rings. The summed E-state index contributed by atoms with van der Waals surface area (Å²) in [5, 5.41) is 0. The van der Waals surface area contributed by atoms with Crippen molar-refractivity contribution in [2.24, 2.45) is 0 Å². The van der Waals surface area contributed by atoms with E-state index in [0.717, 1.165) is 17.1 Å². The molecular formula is C54H43N. The predicted octanol–water partition coefficient (Wildman–Crippen LogP) is 14.8. The highest BCUT2D eigenvalue weighted by Gasteiger charge is 2.38. The SMILES string of the molecule is CC1(C)c2ccccc2-c2ccc(N(c3ccc(-c4ccc5c(c4)-c4c(-c6ccccc6)cccc4C5(C)C)cc3)c3ccccc3-c3ccccc3)cc21. The van der Waals surface area contributed by atoms with Crippen LogP contribution in [0.25, 0.3) is 55.6 Å². The summed E-state index contributed by atoms with van der Waals surface area (Å²) < 4.78 is 0. The highest BCUT2D eigenvalue weighted by atomic mass is 15.1. The molecule has 0 saturated heterocycles. The molecule has 8 aromatic rings. The lowest BCUT2D eigenvalue weighted by Gasteiger charge is -2.30. The molecule has 0 bridgehead atoms. The van der Waals surface area contributed by atoms with Gasteiger partial charge in [-0.3, -0.25) is 0 Å². The molecule has 0 atom stereocenters. The molecule has 0 aromatic heterocycles. The number of para-hydroxylation sites is 1. The summed E-state index contributed by atoms with van der Waals surface area (Å²) in [5.41, 5.74) is 21.5. The maximum absolute atomic E-state index is 2.44. The van der Waals surface area contributed by atoms with Gasteiger partial charge >= 0.3 is 0 Å². The molecule has 0 radical (unpaired) electrons. The molecule has 0 amide bonds. The zero-order valence-electron chi connectivity index (χ0n) is 31.8. The van der Waals surface area contributed by atoms with E-state index in [9.17, 15) is 0 Å². The van der Waals surface area contributed by atoms with Crippen molar-refractivity contribution in [3.8, 4) is 55.6 Å². The Morgan fingerprint density at radius 3 is 1.58 bits per heavy atom. The van der Waals surface area contributed by atoms with Crippen LogP contribution >= 0.6 is 0 Å². The van der Waals surface area contributed by atoms with Crippen LogP contribution in [0.5, 0.6) is 0 Å². The van der Waals surface area contributed by atoms with E-state index in [4.69, 9.17) is 0 Å². The Hall–Kier alpha value is -6.44. The maximum atomic E-state index is 2.44. The zero-order chi connectivity index (χ0) is 37.3. The first-order valence-electron chi connectivity index (χ1n) is 19.4. The molecule has 8 aromatic carbocycles. The van der Waals surface area contributed by atoms with Crippen molar-refractivity contribution >= 4 is 17.1 Å². The normalized spacial score (nSPS) is 14.1. The van der Waals surface area contributed by atoms with E-state index in [1.807, 2.05) is 0 Å². The lowest BCUT2D eigenvalue weighted by molar-refractivity contribution is 0.660. The van der Waals surface area contributed by atoms with Gasteiger partial charge in [0.2, 0.25) is 0 Å². The average Bonchev–Trinajstić information content (AvgIpc) is 3.61. The number of nitrogens with zero attached hydrogens (tertiary/aromatic N) is 1. The van der Waals surface area contributed by atoms with Gasteiger partial charge in [-0.1, -0.05) is 179 Å². The van der Waals surface area contributed by atoms with Gasteiger partial charge in [0.05, 0.1) is 5.69 Å². The molecule has 0 unspecified atom stereocenters. The topological polar surface area (TPSA) is 3.24 Å². The molecular weight excluding hydrogens is 663 g/mol. The van der Waals surface area contributed by atoms with Crippen LogP contribution in [0.1, 0.15) is 49.9 Å². The molecule has 0 aliphatic heterocycles. The van der Waals surface area contributed by atoms with E-state index in [1.54, 1.807) is 0 Å². The van der Waals surface area contributed by atoms with Crippen LogP contribution in [-0.4, -0.2) is 0 Å². The van der Waals surface area contributed by atoms with E-state index in [-0.39, 0.29) is 10.8 Å². The van der Waals surface area contributed by atoms with Gasteiger partial charge in [0.1, 0.15) is 0 Å². The van der Waals surface area contributed by atoms with Gasteiger partial charge in [-0.15, -0.1) is 0 Å². The number of hydrogen-bond acceptors (Lipinski definition) is 1. The largest absolute Gasteiger partial charge is 0.310 e. The Bertz CT molecular complexity index is 2740. The Morgan fingerprint density at radius 1 is 0.309 bits per heavy atom. The van der Waals surface area contributed by atoms with Crippen LogP contribution in [-0.2, 0) is 10.8 Å². The summed E-state index contributed by atoms with van der Waals surface area (Å²) in [6.45, 7) is 9.44. The average molecular weight is 706 g/mol. The number of hydrogen-bond donors (Lipinski definition) is 0. The molecule has 0 spiro atoms.